The van der Waals surface area contributed by atoms with Crippen LogP contribution in [-0.2, 0) is 6.54 Å². The van der Waals surface area contributed by atoms with Gasteiger partial charge in [-0.2, -0.15) is 0 Å². The molecule has 0 bridgehead atoms. The number of anilines is 1. The minimum atomic E-state index is 0.343. The van der Waals surface area contributed by atoms with Crippen LogP contribution in [0, 0.1) is 13.8 Å². The van der Waals surface area contributed by atoms with E-state index < -0.39 is 0 Å². The Hall–Kier alpha value is -2.08. The number of hydrogen-bond acceptors (Lipinski definition) is 4. The molecule has 0 aliphatic carbocycles. The Morgan fingerprint density at radius 1 is 1.24 bits per heavy atom. The maximum absolute atomic E-state index is 4.67. The summed E-state index contributed by atoms with van der Waals surface area (Å²) in [7, 11) is 2.12. The van der Waals surface area contributed by atoms with Gasteiger partial charge in [-0.25, -0.2) is 9.98 Å². The highest BCUT2D eigenvalue weighted by atomic mass is 32.1. The van der Waals surface area contributed by atoms with Crippen LogP contribution in [0.2, 0.25) is 0 Å². The van der Waals surface area contributed by atoms with Crippen LogP contribution < -0.4 is 15.5 Å². The second kappa shape index (κ2) is 9.42. The van der Waals surface area contributed by atoms with E-state index in [1.54, 1.807) is 11.3 Å². The molecule has 0 radical (unpaired) electrons. The fourth-order valence-electron chi connectivity index (χ4n) is 2.39. The van der Waals surface area contributed by atoms with Gasteiger partial charge >= 0.3 is 0 Å². The van der Waals surface area contributed by atoms with Crippen LogP contribution in [-0.4, -0.2) is 37.1 Å². The van der Waals surface area contributed by atoms with Crippen molar-refractivity contribution < 1.29 is 0 Å². The lowest BCUT2D eigenvalue weighted by Crippen LogP contribution is -2.45. The normalized spacial score (nSPS) is 12.8. The van der Waals surface area contributed by atoms with Gasteiger partial charge in [0.1, 0.15) is 5.01 Å². The zero-order valence-corrected chi connectivity index (χ0v) is 16.7. The Balaban J connectivity index is 1.92. The summed E-state index contributed by atoms with van der Waals surface area (Å²) >= 11 is 1.72. The lowest BCUT2D eigenvalue weighted by Gasteiger charge is -2.27. The van der Waals surface area contributed by atoms with Gasteiger partial charge in [0.25, 0.3) is 0 Å². The van der Waals surface area contributed by atoms with Gasteiger partial charge in [-0.15, -0.1) is 11.3 Å². The zero-order valence-electron chi connectivity index (χ0n) is 15.8. The number of thiazole rings is 1. The SMILES string of the molecule is CCNC(=NCc1nc(C)c(C)s1)NCC(C)N(C)c1ccccc1. The van der Waals surface area contributed by atoms with Crippen molar-refractivity contribution in [2.45, 2.75) is 40.3 Å². The van der Waals surface area contributed by atoms with E-state index in [9.17, 15) is 0 Å². The summed E-state index contributed by atoms with van der Waals surface area (Å²) in [6.45, 7) is 10.7. The van der Waals surface area contributed by atoms with Crippen molar-refractivity contribution in [3.05, 3.63) is 45.9 Å². The van der Waals surface area contributed by atoms with Crippen molar-refractivity contribution >= 4 is 23.0 Å². The average Bonchev–Trinajstić information content (AvgIpc) is 2.95. The summed E-state index contributed by atoms with van der Waals surface area (Å²) in [5.74, 6) is 0.835. The van der Waals surface area contributed by atoms with E-state index in [1.807, 2.05) is 13.0 Å². The standard InChI is InChI=1S/C19H29N5S/c1-6-20-19(22-13-18-23-15(3)16(4)25-18)21-12-14(2)24(5)17-10-8-7-9-11-17/h7-11,14H,6,12-13H2,1-5H3,(H2,20,21,22). The molecule has 136 valence electrons. The highest BCUT2D eigenvalue weighted by Gasteiger charge is 2.10. The van der Waals surface area contributed by atoms with Gasteiger partial charge in [-0.05, 0) is 39.8 Å². The molecule has 6 heteroatoms. The van der Waals surface area contributed by atoms with Crippen LogP contribution in [0.3, 0.4) is 0 Å². The smallest absolute Gasteiger partial charge is 0.191 e. The van der Waals surface area contributed by atoms with Gasteiger partial charge in [0.05, 0.1) is 12.2 Å². The molecule has 2 N–H and O–H groups in total. The summed E-state index contributed by atoms with van der Waals surface area (Å²) < 4.78 is 0. The molecule has 0 spiro atoms. The third-order valence-electron chi connectivity index (χ3n) is 4.18. The number of nitrogens with one attached hydrogen (secondary N) is 2. The number of aryl methyl sites for hydroxylation is 2. The first kappa shape index (κ1) is 19.2. The molecule has 1 atom stereocenters. The molecule has 0 amide bonds. The quantitative estimate of drug-likeness (QED) is 0.588. The number of likely N-dealkylation sites (N-methyl/N-ethyl adjacent to an activating group) is 1. The van der Waals surface area contributed by atoms with E-state index in [1.165, 1.54) is 10.6 Å². The molecule has 0 saturated heterocycles. The Morgan fingerprint density at radius 3 is 2.56 bits per heavy atom. The molecule has 5 nitrogen and oxygen atoms in total. The first-order valence-electron chi connectivity index (χ1n) is 8.74. The van der Waals surface area contributed by atoms with Gasteiger partial charge in [-0.3, -0.25) is 0 Å². The highest BCUT2D eigenvalue weighted by molar-refractivity contribution is 7.11. The number of nitrogens with zero attached hydrogens (tertiary/aromatic N) is 3. The lowest BCUT2D eigenvalue weighted by atomic mass is 10.2. The van der Waals surface area contributed by atoms with Gasteiger partial charge in [0.15, 0.2) is 5.96 Å². The second-order valence-corrected chi connectivity index (χ2v) is 7.41. The lowest BCUT2D eigenvalue weighted by molar-refractivity contribution is 0.649. The van der Waals surface area contributed by atoms with Crippen LogP contribution in [0.4, 0.5) is 5.69 Å². The first-order chi connectivity index (χ1) is 12.0. The summed E-state index contributed by atoms with van der Waals surface area (Å²) in [5, 5.41) is 7.80. The zero-order chi connectivity index (χ0) is 18.2. The molecular formula is C19H29N5S. The average molecular weight is 360 g/mol. The summed E-state index contributed by atoms with van der Waals surface area (Å²) in [6.07, 6.45) is 0. The summed E-state index contributed by atoms with van der Waals surface area (Å²) in [6, 6.07) is 10.8. The van der Waals surface area contributed by atoms with Crippen LogP contribution in [0.15, 0.2) is 35.3 Å². The largest absolute Gasteiger partial charge is 0.370 e. The van der Waals surface area contributed by atoms with E-state index in [-0.39, 0.29) is 0 Å². The maximum atomic E-state index is 4.67. The third-order valence-corrected chi connectivity index (χ3v) is 5.24. The predicted molar refractivity (Wildman–Crippen MR) is 109 cm³/mol. The number of para-hydroxylation sites is 1. The Bertz CT molecular complexity index is 661. The molecule has 2 aromatic rings. The van der Waals surface area contributed by atoms with Crippen molar-refractivity contribution in [1.29, 1.82) is 0 Å². The summed E-state index contributed by atoms with van der Waals surface area (Å²) in [5.41, 5.74) is 2.32. The van der Waals surface area contributed by atoms with E-state index in [2.05, 4.69) is 77.6 Å². The van der Waals surface area contributed by atoms with Crippen LogP contribution >= 0.6 is 11.3 Å². The van der Waals surface area contributed by atoms with Crippen molar-refractivity contribution in [2.75, 3.05) is 25.0 Å². The molecule has 1 aromatic carbocycles. The predicted octanol–water partition coefficient (Wildman–Crippen LogP) is 3.34. The number of benzene rings is 1. The van der Waals surface area contributed by atoms with Crippen molar-refractivity contribution in [3.63, 3.8) is 0 Å². The van der Waals surface area contributed by atoms with E-state index in [4.69, 9.17) is 0 Å². The highest BCUT2D eigenvalue weighted by Crippen LogP contribution is 2.17. The molecular weight excluding hydrogens is 330 g/mol. The van der Waals surface area contributed by atoms with Crippen molar-refractivity contribution in [1.82, 2.24) is 15.6 Å². The van der Waals surface area contributed by atoms with Crippen LogP contribution in [0.5, 0.6) is 0 Å². The van der Waals surface area contributed by atoms with Crippen molar-refractivity contribution in [3.8, 4) is 0 Å². The Morgan fingerprint density at radius 2 is 1.96 bits per heavy atom. The molecule has 0 aliphatic rings. The van der Waals surface area contributed by atoms with Gasteiger partial charge in [-0.1, -0.05) is 18.2 Å². The molecule has 0 fully saturated rings. The molecule has 1 unspecified atom stereocenters. The number of aliphatic imine (C=N–C) groups is 1. The minimum Gasteiger partial charge on any atom is -0.370 e. The molecule has 0 aliphatic heterocycles. The van der Waals surface area contributed by atoms with Crippen LogP contribution in [0.25, 0.3) is 0 Å². The molecule has 2 rings (SSSR count). The number of hydrogen-bond donors (Lipinski definition) is 2. The number of guanidine groups is 1. The molecule has 0 saturated carbocycles. The van der Waals surface area contributed by atoms with Crippen LogP contribution in [0.1, 0.15) is 29.4 Å². The fourth-order valence-corrected chi connectivity index (χ4v) is 3.25. The molecule has 25 heavy (non-hydrogen) atoms. The number of aromatic nitrogens is 1. The second-order valence-electron chi connectivity index (χ2n) is 6.12. The van der Waals surface area contributed by atoms with E-state index in [0.717, 1.165) is 29.8 Å². The van der Waals surface area contributed by atoms with E-state index >= 15 is 0 Å². The van der Waals surface area contributed by atoms with Gasteiger partial charge < -0.3 is 15.5 Å². The van der Waals surface area contributed by atoms with Gasteiger partial charge in [0.2, 0.25) is 0 Å². The van der Waals surface area contributed by atoms with E-state index in [0.29, 0.717) is 12.6 Å². The fraction of sp³-hybridized carbons (Fsp3) is 0.474. The molecule has 1 heterocycles. The Labute approximate surface area is 155 Å². The number of rotatable bonds is 7. The first-order valence-corrected chi connectivity index (χ1v) is 9.55. The third kappa shape index (κ3) is 5.74. The maximum Gasteiger partial charge on any atom is 0.191 e. The Kier molecular flexibility index (Phi) is 7.25. The monoisotopic (exact) mass is 359 g/mol. The topological polar surface area (TPSA) is 52.6 Å². The van der Waals surface area contributed by atoms with Crippen molar-refractivity contribution in [2.24, 2.45) is 4.99 Å². The summed E-state index contributed by atoms with van der Waals surface area (Å²) in [4.78, 5) is 12.8. The molecule has 1 aromatic heterocycles. The van der Waals surface area contributed by atoms with Gasteiger partial charge in [0, 0.05) is 36.7 Å². The minimum absolute atomic E-state index is 0.343.